The Morgan fingerprint density at radius 2 is 2.23 bits per heavy atom. The fourth-order valence-corrected chi connectivity index (χ4v) is 1.78. The molecule has 0 aliphatic carbocycles. The van der Waals surface area contributed by atoms with Crippen LogP contribution in [0.3, 0.4) is 0 Å². The smallest absolute Gasteiger partial charge is 0.0589 e. The third-order valence-electron chi connectivity index (χ3n) is 2.68. The van der Waals surface area contributed by atoms with Crippen molar-refractivity contribution in [1.82, 2.24) is 10.2 Å². The minimum absolute atomic E-state index is 0.250. The number of hydrogen-bond donors (Lipinski definition) is 1. The van der Waals surface area contributed by atoms with Gasteiger partial charge in [0.05, 0.1) is 6.61 Å². The second kappa shape index (κ2) is 4.40. The quantitative estimate of drug-likeness (QED) is 0.702. The zero-order valence-electron chi connectivity index (χ0n) is 9.26. The maximum absolute atomic E-state index is 5.10. The van der Waals surface area contributed by atoms with Crippen LogP contribution in [0.25, 0.3) is 0 Å². The molecule has 0 aromatic carbocycles. The maximum atomic E-state index is 5.10. The van der Waals surface area contributed by atoms with Gasteiger partial charge >= 0.3 is 0 Å². The number of hydrogen-bond acceptors (Lipinski definition) is 3. The summed E-state index contributed by atoms with van der Waals surface area (Å²) in [6.07, 6.45) is 0. The van der Waals surface area contributed by atoms with Crippen LogP contribution in [0.1, 0.15) is 20.8 Å². The molecule has 0 radical (unpaired) electrons. The van der Waals surface area contributed by atoms with Gasteiger partial charge in [-0.2, -0.15) is 0 Å². The number of rotatable bonds is 3. The van der Waals surface area contributed by atoms with E-state index in [1.165, 1.54) is 0 Å². The first-order chi connectivity index (χ1) is 6.05. The fourth-order valence-electron chi connectivity index (χ4n) is 1.78. The Labute approximate surface area is 81.4 Å². The van der Waals surface area contributed by atoms with E-state index in [1.807, 2.05) is 0 Å². The Kier molecular flexibility index (Phi) is 3.71. The standard InChI is InChI=1S/C10H22N2O/c1-9-7-11-10(2,3)8-12(9)5-6-13-4/h9,11H,5-8H2,1-4H3. The van der Waals surface area contributed by atoms with Gasteiger partial charge in [0.25, 0.3) is 0 Å². The molecule has 0 aromatic heterocycles. The van der Waals surface area contributed by atoms with Crippen LogP contribution in [-0.4, -0.2) is 49.8 Å². The van der Waals surface area contributed by atoms with E-state index in [1.54, 1.807) is 7.11 Å². The molecule has 0 amide bonds. The van der Waals surface area contributed by atoms with Crippen LogP contribution in [0.15, 0.2) is 0 Å². The van der Waals surface area contributed by atoms with Gasteiger partial charge in [0, 0.05) is 38.3 Å². The highest BCUT2D eigenvalue weighted by atomic mass is 16.5. The third-order valence-corrected chi connectivity index (χ3v) is 2.68. The molecular formula is C10H22N2O. The topological polar surface area (TPSA) is 24.5 Å². The zero-order valence-corrected chi connectivity index (χ0v) is 9.26. The van der Waals surface area contributed by atoms with Crippen molar-refractivity contribution in [3.8, 4) is 0 Å². The van der Waals surface area contributed by atoms with E-state index in [4.69, 9.17) is 4.74 Å². The normalized spacial score (nSPS) is 29.1. The summed E-state index contributed by atoms with van der Waals surface area (Å²) in [7, 11) is 1.76. The first-order valence-electron chi connectivity index (χ1n) is 5.03. The fraction of sp³-hybridized carbons (Fsp3) is 1.00. The van der Waals surface area contributed by atoms with E-state index < -0.39 is 0 Å². The number of ether oxygens (including phenoxy) is 1. The Hall–Kier alpha value is -0.120. The summed E-state index contributed by atoms with van der Waals surface area (Å²) in [4.78, 5) is 2.49. The highest BCUT2D eigenvalue weighted by Crippen LogP contribution is 2.13. The lowest BCUT2D eigenvalue weighted by Crippen LogP contribution is -2.61. The van der Waals surface area contributed by atoms with Crippen molar-refractivity contribution in [1.29, 1.82) is 0 Å². The van der Waals surface area contributed by atoms with Crippen molar-refractivity contribution in [2.24, 2.45) is 0 Å². The number of piperazine rings is 1. The summed E-state index contributed by atoms with van der Waals surface area (Å²) in [5.74, 6) is 0. The van der Waals surface area contributed by atoms with Crippen molar-refractivity contribution < 1.29 is 4.74 Å². The summed E-state index contributed by atoms with van der Waals surface area (Å²) in [5, 5.41) is 3.53. The minimum Gasteiger partial charge on any atom is -0.383 e. The highest BCUT2D eigenvalue weighted by molar-refractivity contribution is 4.90. The van der Waals surface area contributed by atoms with Crippen molar-refractivity contribution in [2.75, 3.05) is 33.4 Å². The average Bonchev–Trinajstić information content (AvgIpc) is 2.07. The Bertz CT molecular complexity index is 159. The average molecular weight is 186 g/mol. The first kappa shape index (κ1) is 11.0. The lowest BCUT2D eigenvalue weighted by atomic mass is 9.99. The molecule has 0 spiro atoms. The van der Waals surface area contributed by atoms with Crippen molar-refractivity contribution in [3.05, 3.63) is 0 Å². The molecule has 3 heteroatoms. The Morgan fingerprint density at radius 1 is 1.54 bits per heavy atom. The third kappa shape index (κ3) is 3.25. The molecule has 78 valence electrons. The molecule has 3 nitrogen and oxygen atoms in total. The summed E-state index contributed by atoms with van der Waals surface area (Å²) in [6.45, 7) is 10.8. The number of nitrogens with one attached hydrogen (secondary N) is 1. The monoisotopic (exact) mass is 186 g/mol. The van der Waals surface area contributed by atoms with Gasteiger partial charge in [0.1, 0.15) is 0 Å². The second-order valence-corrected chi connectivity index (χ2v) is 4.58. The molecule has 1 N–H and O–H groups in total. The number of nitrogens with zero attached hydrogens (tertiary/aromatic N) is 1. The van der Waals surface area contributed by atoms with Crippen LogP contribution in [0.5, 0.6) is 0 Å². The molecule has 1 aliphatic heterocycles. The molecule has 1 aliphatic rings. The van der Waals surface area contributed by atoms with Crippen LogP contribution in [-0.2, 0) is 4.74 Å². The van der Waals surface area contributed by atoms with E-state index in [-0.39, 0.29) is 5.54 Å². The van der Waals surface area contributed by atoms with Crippen LogP contribution in [0.2, 0.25) is 0 Å². The molecule has 0 aromatic rings. The molecule has 0 bridgehead atoms. The second-order valence-electron chi connectivity index (χ2n) is 4.58. The van der Waals surface area contributed by atoms with Gasteiger partial charge in [-0.05, 0) is 20.8 Å². The molecular weight excluding hydrogens is 164 g/mol. The van der Waals surface area contributed by atoms with Crippen LogP contribution in [0, 0.1) is 0 Å². The molecule has 1 atom stereocenters. The summed E-state index contributed by atoms with van der Waals surface area (Å²) in [6, 6.07) is 0.628. The van der Waals surface area contributed by atoms with Gasteiger partial charge in [-0.15, -0.1) is 0 Å². The molecule has 13 heavy (non-hydrogen) atoms. The van der Waals surface area contributed by atoms with E-state index in [9.17, 15) is 0 Å². The lowest BCUT2D eigenvalue weighted by Gasteiger charge is -2.43. The van der Waals surface area contributed by atoms with Crippen LogP contribution < -0.4 is 5.32 Å². The van der Waals surface area contributed by atoms with Gasteiger partial charge in [-0.3, -0.25) is 4.90 Å². The highest BCUT2D eigenvalue weighted by Gasteiger charge is 2.29. The Morgan fingerprint density at radius 3 is 2.85 bits per heavy atom. The van der Waals surface area contributed by atoms with Gasteiger partial charge in [0.2, 0.25) is 0 Å². The molecule has 1 unspecified atom stereocenters. The largest absolute Gasteiger partial charge is 0.383 e. The SMILES string of the molecule is COCCN1CC(C)(C)NCC1C. The summed E-state index contributed by atoms with van der Waals surface area (Å²) in [5.41, 5.74) is 0.250. The van der Waals surface area contributed by atoms with Crippen molar-refractivity contribution in [3.63, 3.8) is 0 Å². The van der Waals surface area contributed by atoms with E-state index >= 15 is 0 Å². The predicted molar refractivity (Wildman–Crippen MR) is 55.0 cm³/mol. The van der Waals surface area contributed by atoms with Gasteiger partial charge in [-0.1, -0.05) is 0 Å². The van der Waals surface area contributed by atoms with E-state index in [0.717, 1.165) is 26.2 Å². The van der Waals surface area contributed by atoms with E-state index in [0.29, 0.717) is 6.04 Å². The zero-order chi connectivity index (χ0) is 9.90. The molecule has 1 rings (SSSR count). The van der Waals surface area contributed by atoms with Crippen LogP contribution >= 0.6 is 0 Å². The van der Waals surface area contributed by atoms with Crippen molar-refractivity contribution in [2.45, 2.75) is 32.4 Å². The summed E-state index contributed by atoms with van der Waals surface area (Å²) < 4.78 is 5.10. The molecule has 1 fully saturated rings. The first-order valence-corrected chi connectivity index (χ1v) is 5.03. The maximum Gasteiger partial charge on any atom is 0.0589 e. The van der Waals surface area contributed by atoms with Gasteiger partial charge in [0.15, 0.2) is 0 Å². The lowest BCUT2D eigenvalue weighted by molar-refractivity contribution is 0.0715. The predicted octanol–water partition coefficient (Wildman–Crippen LogP) is 0.705. The molecule has 1 heterocycles. The molecule has 1 saturated heterocycles. The van der Waals surface area contributed by atoms with Crippen LogP contribution in [0.4, 0.5) is 0 Å². The summed E-state index contributed by atoms with van der Waals surface area (Å²) >= 11 is 0. The van der Waals surface area contributed by atoms with Gasteiger partial charge in [-0.25, -0.2) is 0 Å². The number of methoxy groups -OCH3 is 1. The van der Waals surface area contributed by atoms with E-state index in [2.05, 4.69) is 31.0 Å². The minimum atomic E-state index is 0.250. The van der Waals surface area contributed by atoms with Crippen molar-refractivity contribution >= 4 is 0 Å². The molecule has 0 saturated carbocycles. The Balaban J connectivity index is 2.41. The van der Waals surface area contributed by atoms with Gasteiger partial charge < -0.3 is 10.1 Å².